The molecule has 0 aliphatic carbocycles. The second kappa shape index (κ2) is 4.88. The summed E-state index contributed by atoms with van der Waals surface area (Å²) in [6.45, 7) is 1.20. The number of carbonyl (C=O) groups excluding carboxylic acids is 1. The van der Waals surface area contributed by atoms with E-state index in [0.717, 1.165) is 12.0 Å². The van der Waals surface area contributed by atoms with Gasteiger partial charge >= 0.3 is 0 Å². The third-order valence-electron chi connectivity index (χ3n) is 2.98. The van der Waals surface area contributed by atoms with Gasteiger partial charge in [0.25, 0.3) is 5.91 Å². The van der Waals surface area contributed by atoms with Crippen LogP contribution < -0.4 is 4.74 Å². The van der Waals surface area contributed by atoms with Gasteiger partial charge in [-0.3, -0.25) is 4.79 Å². The molecule has 4 heteroatoms. The minimum absolute atomic E-state index is 0.000370. The quantitative estimate of drug-likeness (QED) is 0.792. The Morgan fingerprint density at radius 1 is 1.53 bits per heavy atom. The Morgan fingerprint density at radius 2 is 2.35 bits per heavy atom. The fraction of sp³-hybridized carbons (Fsp3) is 0.385. The van der Waals surface area contributed by atoms with E-state index >= 15 is 0 Å². The molecule has 2 rings (SSSR count). The van der Waals surface area contributed by atoms with Crippen molar-refractivity contribution in [2.75, 3.05) is 20.2 Å². The summed E-state index contributed by atoms with van der Waals surface area (Å²) in [4.78, 5) is 13.9. The zero-order valence-corrected chi connectivity index (χ0v) is 9.77. The predicted molar refractivity (Wildman–Crippen MR) is 62.8 cm³/mol. The first kappa shape index (κ1) is 11.5. The molecule has 0 saturated carbocycles. The molecule has 0 saturated heterocycles. The molecule has 4 nitrogen and oxygen atoms in total. The van der Waals surface area contributed by atoms with Crippen molar-refractivity contribution < 1.29 is 9.53 Å². The van der Waals surface area contributed by atoms with Crippen LogP contribution in [0.3, 0.4) is 0 Å². The molecular weight excluding hydrogens is 216 g/mol. The summed E-state index contributed by atoms with van der Waals surface area (Å²) in [6, 6.07) is 7.65. The van der Waals surface area contributed by atoms with E-state index in [0.29, 0.717) is 30.8 Å². The summed E-state index contributed by atoms with van der Waals surface area (Å²) < 4.78 is 5.12. The van der Waals surface area contributed by atoms with Crippen LogP contribution in [0.4, 0.5) is 0 Å². The van der Waals surface area contributed by atoms with Gasteiger partial charge in [-0.05, 0) is 24.1 Å². The minimum Gasteiger partial charge on any atom is -0.497 e. The number of fused-ring (bicyclic) bond motifs is 1. The summed E-state index contributed by atoms with van der Waals surface area (Å²) in [5.74, 6) is 0.694. The van der Waals surface area contributed by atoms with Gasteiger partial charge < -0.3 is 9.64 Å². The molecule has 0 N–H and O–H groups in total. The number of nitrogens with zero attached hydrogens (tertiary/aromatic N) is 2. The van der Waals surface area contributed by atoms with Gasteiger partial charge in [0.05, 0.1) is 19.6 Å². The van der Waals surface area contributed by atoms with Crippen LogP contribution >= 0.6 is 0 Å². The lowest BCUT2D eigenvalue weighted by molar-refractivity contribution is 0.0743. The lowest BCUT2D eigenvalue weighted by Gasteiger charge is -2.28. The van der Waals surface area contributed by atoms with Gasteiger partial charge in [-0.15, -0.1) is 0 Å². The van der Waals surface area contributed by atoms with E-state index in [2.05, 4.69) is 6.07 Å². The first-order valence-corrected chi connectivity index (χ1v) is 5.59. The molecule has 0 aromatic heterocycles. The molecule has 88 valence electrons. The monoisotopic (exact) mass is 230 g/mol. The van der Waals surface area contributed by atoms with Gasteiger partial charge in [0.2, 0.25) is 0 Å². The Kier molecular flexibility index (Phi) is 3.29. The van der Waals surface area contributed by atoms with Crippen LogP contribution in [0.2, 0.25) is 0 Å². The van der Waals surface area contributed by atoms with E-state index < -0.39 is 0 Å². The average molecular weight is 230 g/mol. The highest BCUT2D eigenvalue weighted by Crippen LogP contribution is 2.23. The van der Waals surface area contributed by atoms with Crippen LogP contribution in [0.5, 0.6) is 5.75 Å². The maximum Gasteiger partial charge on any atom is 0.254 e. The number of methoxy groups -OCH3 is 1. The van der Waals surface area contributed by atoms with Crippen LogP contribution in [0.15, 0.2) is 18.2 Å². The van der Waals surface area contributed by atoms with Gasteiger partial charge in [-0.25, -0.2) is 0 Å². The fourth-order valence-corrected chi connectivity index (χ4v) is 2.03. The van der Waals surface area contributed by atoms with Crippen LogP contribution in [-0.4, -0.2) is 31.0 Å². The molecule has 17 heavy (non-hydrogen) atoms. The first-order valence-electron chi connectivity index (χ1n) is 5.59. The van der Waals surface area contributed by atoms with Gasteiger partial charge in [0.1, 0.15) is 5.75 Å². The maximum atomic E-state index is 12.2. The highest BCUT2D eigenvalue weighted by atomic mass is 16.5. The summed E-state index contributed by atoms with van der Waals surface area (Å²) >= 11 is 0. The molecule has 0 atom stereocenters. The van der Waals surface area contributed by atoms with E-state index in [1.165, 1.54) is 0 Å². The third-order valence-corrected chi connectivity index (χ3v) is 2.98. The molecule has 0 unspecified atom stereocenters. The Balaban J connectivity index is 2.24. The third kappa shape index (κ3) is 2.23. The van der Waals surface area contributed by atoms with Crippen molar-refractivity contribution in [2.45, 2.75) is 12.8 Å². The summed E-state index contributed by atoms with van der Waals surface area (Å²) in [5, 5.41) is 8.55. The smallest absolute Gasteiger partial charge is 0.254 e. The molecule has 1 aliphatic heterocycles. The molecule has 1 aliphatic rings. The highest BCUT2D eigenvalue weighted by molar-refractivity contribution is 5.97. The number of benzene rings is 1. The number of ether oxygens (including phenoxy) is 1. The number of nitriles is 1. The number of rotatable bonds is 3. The fourth-order valence-electron chi connectivity index (χ4n) is 2.03. The molecule has 1 aromatic carbocycles. The van der Waals surface area contributed by atoms with Gasteiger partial charge in [0.15, 0.2) is 0 Å². The minimum atomic E-state index is 0.000370. The average Bonchev–Trinajstić information content (AvgIpc) is 2.38. The SMILES string of the molecule is COc1ccc2c(c1)C(=O)N(CCC#N)CC2. The first-order chi connectivity index (χ1) is 8.26. The maximum absolute atomic E-state index is 12.2. The van der Waals surface area contributed by atoms with Crippen molar-refractivity contribution in [2.24, 2.45) is 0 Å². The molecule has 1 aromatic rings. The molecule has 0 spiro atoms. The molecular formula is C13H14N2O2. The molecule has 1 amide bonds. The van der Waals surface area contributed by atoms with Crippen LogP contribution in [0, 0.1) is 11.3 Å². The lowest BCUT2D eigenvalue weighted by atomic mass is 9.98. The van der Waals surface area contributed by atoms with E-state index in [4.69, 9.17) is 10.00 Å². The molecule has 0 bridgehead atoms. The largest absolute Gasteiger partial charge is 0.497 e. The van der Waals surface area contributed by atoms with E-state index in [1.54, 1.807) is 18.1 Å². The van der Waals surface area contributed by atoms with Crippen molar-refractivity contribution >= 4 is 5.91 Å². The Bertz CT molecular complexity index is 477. The summed E-state index contributed by atoms with van der Waals surface area (Å²) in [5.41, 5.74) is 1.76. The van der Waals surface area contributed by atoms with Crippen molar-refractivity contribution in [3.8, 4) is 11.8 Å². The van der Waals surface area contributed by atoms with Gasteiger partial charge in [-0.2, -0.15) is 5.26 Å². The molecule has 1 heterocycles. The van der Waals surface area contributed by atoms with E-state index in [9.17, 15) is 4.79 Å². The van der Waals surface area contributed by atoms with Crippen molar-refractivity contribution in [1.82, 2.24) is 4.90 Å². The Morgan fingerprint density at radius 3 is 3.06 bits per heavy atom. The normalized spacial score (nSPS) is 14.1. The van der Waals surface area contributed by atoms with Crippen LogP contribution in [-0.2, 0) is 6.42 Å². The van der Waals surface area contributed by atoms with Crippen LogP contribution in [0.25, 0.3) is 0 Å². The van der Waals surface area contributed by atoms with Gasteiger partial charge in [-0.1, -0.05) is 6.07 Å². The summed E-state index contributed by atoms with van der Waals surface area (Å²) in [6.07, 6.45) is 1.22. The van der Waals surface area contributed by atoms with Crippen molar-refractivity contribution in [1.29, 1.82) is 5.26 Å². The number of amides is 1. The highest BCUT2D eigenvalue weighted by Gasteiger charge is 2.24. The molecule has 0 fully saturated rings. The summed E-state index contributed by atoms with van der Waals surface area (Å²) in [7, 11) is 1.59. The van der Waals surface area contributed by atoms with Crippen molar-refractivity contribution in [3.05, 3.63) is 29.3 Å². The number of carbonyl (C=O) groups is 1. The van der Waals surface area contributed by atoms with Gasteiger partial charge in [0, 0.05) is 18.7 Å². The molecule has 0 radical (unpaired) electrons. The Hall–Kier alpha value is -2.02. The predicted octanol–water partition coefficient (Wildman–Crippen LogP) is 1.61. The van der Waals surface area contributed by atoms with E-state index in [-0.39, 0.29) is 5.91 Å². The second-order valence-corrected chi connectivity index (χ2v) is 3.97. The zero-order chi connectivity index (χ0) is 12.3. The second-order valence-electron chi connectivity index (χ2n) is 3.97. The van der Waals surface area contributed by atoms with E-state index in [1.807, 2.05) is 12.1 Å². The number of hydrogen-bond donors (Lipinski definition) is 0. The van der Waals surface area contributed by atoms with Crippen molar-refractivity contribution in [3.63, 3.8) is 0 Å². The zero-order valence-electron chi connectivity index (χ0n) is 9.77. The lowest BCUT2D eigenvalue weighted by Crippen LogP contribution is -2.38. The number of hydrogen-bond acceptors (Lipinski definition) is 3. The standard InChI is InChI=1S/C13H14N2O2/c1-17-11-4-3-10-5-8-15(7-2-6-14)13(16)12(10)9-11/h3-4,9H,2,5,7-8H2,1H3. The van der Waals surface area contributed by atoms with Crippen LogP contribution in [0.1, 0.15) is 22.3 Å². The Labute approximate surface area is 100 Å². The topological polar surface area (TPSA) is 53.3 Å².